The molecule has 19 heteroatoms. The molecule has 0 bridgehead atoms. The molecule has 6 N–H and O–H groups in total. The van der Waals surface area contributed by atoms with Crippen LogP contribution in [-0.4, -0.2) is 113 Å². The lowest BCUT2D eigenvalue weighted by molar-refractivity contribution is -0.138. The number of aromatic amines is 1. The normalized spacial score (nSPS) is 15.3. The van der Waals surface area contributed by atoms with Crippen molar-refractivity contribution >= 4 is 34.6 Å². The van der Waals surface area contributed by atoms with Gasteiger partial charge in [0.25, 0.3) is 0 Å². The van der Waals surface area contributed by atoms with E-state index in [0.29, 0.717) is 62.1 Å². The number of carbonyl (C=O) groups is 2. The summed E-state index contributed by atoms with van der Waals surface area (Å²) in [7, 11) is 1.63. The molecular weight excluding hydrogens is 821 g/mol. The average Bonchev–Trinajstić information content (AvgIpc) is 3.87. The van der Waals surface area contributed by atoms with Gasteiger partial charge in [-0.2, -0.15) is 9.97 Å². The Morgan fingerprint density at radius 1 is 0.969 bits per heavy atom. The van der Waals surface area contributed by atoms with Crippen molar-refractivity contribution in [1.82, 2.24) is 44.1 Å². The number of H-pyrrole nitrogens is 1. The van der Waals surface area contributed by atoms with E-state index in [1.54, 1.807) is 7.11 Å². The maximum absolute atomic E-state index is 13.1. The summed E-state index contributed by atoms with van der Waals surface area (Å²) in [6.45, 7) is 9.47. The summed E-state index contributed by atoms with van der Waals surface area (Å²) in [5.74, 6) is 2.11. The molecule has 2 aliphatic heterocycles. The molecule has 19 nitrogen and oxygen atoms in total. The molecule has 0 unspecified atom stereocenters. The molecule has 5 heterocycles. The monoisotopic (exact) mass is 880 g/mol. The summed E-state index contributed by atoms with van der Waals surface area (Å²) >= 11 is 0. The molecule has 0 radical (unpaired) electrons. The number of carbonyl (C=O) groups excluding carboxylic acids is 1. The number of ether oxygens (including phenoxy) is 2. The third-order valence-corrected chi connectivity index (χ3v) is 12.0. The number of benzene rings is 2. The number of carboxylic acid groups (broad SMARTS) is 1. The molecule has 2 aliphatic rings. The number of imidazole rings is 1. The summed E-state index contributed by atoms with van der Waals surface area (Å²) in [4.78, 5) is 58.5. The van der Waals surface area contributed by atoms with Crippen molar-refractivity contribution in [3.8, 4) is 11.8 Å². The van der Waals surface area contributed by atoms with Gasteiger partial charge in [-0.25, -0.2) is 4.79 Å². The Balaban J connectivity index is 0.831. The number of nitrogens with one attached hydrogen (secondary N) is 1. The van der Waals surface area contributed by atoms with Gasteiger partial charge < -0.3 is 45.3 Å². The number of likely N-dealkylation sites (tertiary alicyclic amines) is 1. The maximum Gasteiger partial charge on any atom is 0.328 e. The number of aliphatic carboxylic acids is 1. The standard InChI is InChI=1S/C45H60N12O7/c1-4-5-22-63-44-49-40(47)39-42(50-44)57(45(61)48-39)27-34-15-12-31(25-36(34)62-3)26-54-18-16-33(17-19-54)41-52-51-37-28-55(20-21-56(37)41)38(58)9-7-6-8-23-64-53-29(2)32-13-10-30(11-14-32)24-35(46)43(59)60/h10-15,25,33,35H,4-9,16-24,26-28,46H2,1-3H3,(H,48,61)(H,59,60)(H2,47,49,50)/t35-/m0/s1. The molecule has 0 saturated carbocycles. The van der Waals surface area contributed by atoms with E-state index >= 15 is 0 Å². The van der Waals surface area contributed by atoms with E-state index in [9.17, 15) is 14.4 Å². The van der Waals surface area contributed by atoms with Crippen LogP contribution >= 0.6 is 0 Å². The van der Waals surface area contributed by atoms with Crippen LogP contribution in [0.25, 0.3) is 11.2 Å². The lowest BCUT2D eigenvalue weighted by Crippen LogP contribution is -2.39. The number of nitrogens with two attached hydrogens (primary N) is 2. The minimum atomic E-state index is -1.02. The van der Waals surface area contributed by atoms with E-state index in [4.69, 9.17) is 30.9 Å². The van der Waals surface area contributed by atoms with Crippen LogP contribution in [0, 0.1) is 0 Å². The third kappa shape index (κ3) is 11.2. The quantitative estimate of drug-likeness (QED) is 0.0459. The van der Waals surface area contributed by atoms with Crippen LogP contribution in [0.15, 0.2) is 52.4 Å². The fourth-order valence-corrected chi connectivity index (χ4v) is 8.24. The number of carboxylic acids is 1. The fraction of sp³-hybridized carbons (Fsp3) is 0.511. The molecule has 5 aromatic rings. The number of anilines is 1. The minimum Gasteiger partial charge on any atom is -0.496 e. The van der Waals surface area contributed by atoms with Crippen molar-refractivity contribution in [3.05, 3.63) is 86.9 Å². The first-order chi connectivity index (χ1) is 31.0. The zero-order valence-corrected chi connectivity index (χ0v) is 37.0. The van der Waals surface area contributed by atoms with Crippen molar-refractivity contribution in [2.45, 2.75) is 110 Å². The fourth-order valence-electron chi connectivity index (χ4n) is 8.24. The zero-order chi connectivity index (χ0) is 45.2. The number of fused-ring (bicyclic) bond motifs is 2. The Labute approximate surface area is 371 Å². The van der Waals surface area contributed by atoms with Crippen LogP contribution in [0.1, 0.15) is 105 Å². The summed E-state index contributed by atoms with van der Waals surface area (Å²) in [5.41, 5.74) is 16.6. The van der Waals surface area contributed by atoms with E-state index in [1.165, 1.54) is 4.57 Å². The predicted octanol–water partition coefficient (Wildman–Crippen LogP) is 4.21. The first-order valence-corrected chi connectivity index (χ1v) is 22.2. The number of unbranched alkanes of at least 4 members (excludes halogenated alkanes) is 3. The van der Waals surface area contributed by atoms with Crippen LogP contribution < -0.4 is 26.6 Å². The molecule has 7 rings (SSSR count). The highest BCUT2D eigenvalue weighted by Crippen LogP contribution is 2.31. The molecule has 1 amide bonds. The van der Waals surface area contributed by atoms with Crippen LogP contribution in [0.4, 0.5) is 5.82 Å². The SMILES string of the molecule is CCCCOc1nc(N)c2[nH]c(=O)n(Cc3ccc(CN4CCC(c5nnc6n5CCN(C(=O)CCCCCON=C(C)c5ccc(C[C@H](N)C(=O)O)cc5)C6)CC4)cc3OC)c2n1. The molecule has 0 aliphatic carbocycles. The molecule has 64 heavy (non-hydrogen) atoms. The molecule has 342 valence electrons. The van der Waals surface area contributed by atoms with Gasteiger partial charge in [-0.1, -0.05) is 54.9 Å². The number of nitrogens with zero attached hydrogens (tertiary/aromatic N) is 9. The maximum atomic E-state index is 13.1. The van der Waals surface area contributed by atoms with Crippen molar-refractivity contribution in [2.24, 2.45) is 10.9 Å². The Kier molecular flexibility index (Phi) is 15.2. The van der Waals surface area contributed by atoms with Gasteiger partial charge in [-0.3, -0.25) is 19.1 Å². The molecule has 1 atom stereocenters. The number of oxime groups is 1. The van der Waals surface area contributed by atoms with Gasteiger partial charge in [0.1, 0.15) is 29.7 Å². The van der Waals surface area contributed by atoms with Crippen molar-refractivity contribution in [3.63, 3.8) is 0 Å². The minimum absolute atomic E-state index is 0.129. The van der Waals surface area contributed by atoms with Gasteiger partial charge in [0.15, 0.2) is 17.3 Å². The average molecular weight is 881 g/mol. The molecule has 2 aromatic carbocycles. The van der Waals surface area contributed by atoms with E-state index < -0.39 is 12.0 Å². The largest absolute Gasteiger partial charge is 0.496 e. The number of hydrogen-bond acceptors (Lipinski definition) is 14. The Morgan fingerprint density at radius 2 is 1.75 bits per heavy atom. The highest BCUT2D eigenvalue weighted by Gasteiger charge is 2.30. The van der Waals surface area contributed by atoms with Crippen LogP contribution in [0.3, 0.4) is 0 Å². The zero-order valence-electron chi connectivity index (χ0n) is 37.0. The summed E-state index contributed by atoms with van der Waals surface area (Å²) in [6, 6.07) is 12.8. The highest BCUT2D eigenvalue weighted by atomic mass is 16.6. The van der Waals surface area contributed by atoms with Crippen LogP contribution in [-0.2, 0) is 47.0 Å². The predicted molar refractivity (Wildman–Crippen MR) is 240 cm³/mol. The number of hydrogen-bond donors (Lipinski definition) is 4. The van der Waals surface area contributed by atoms with Gasteiger partial charge in [-0.05, 0) is 87.7 Å². The second-order valence-electron chi connectivity index (χ2n) is 16.6. The van der Waals surface area contributed by atoms with Crippen molar-refractivity contribution < 1.29 is 29.0 Å². The van der Waals surface area contributed by atoms with Gasteiger partial charge >= 0.3 is 17.7 Å². The van der Waals surface area contributed by atoms with E-state index in [2.05, 4.69) is 52.8 Å². The number of piperidine rings is 1. The number of rotatable bonds is 21. The summed E-state index contributed by atoms with van der Waals surface area (Å²) < 4.78 is 15.2. The van der Waals surface area contributed by atoms with Gasteiger partial charge in [0.2, 0.25) is 5.91 Å². The topological polar surface area (TPSA) is 247 Å². The number of amides is 1. The van der Waals surface area contributed by atoms with Crippen molar-refractivity contribution in [2.75, 3.05) is 45.7 Å². The second kappa shape index (κ2) is 21.4. The van der Waals surface area contributed by atoms with Gasteiger partial charge in [-0.15, -0.1) is 10.2 Å². The first-order valence-electron chi connectivity index (χ1n) is 22.2. The molecule has 3 aromatic heterocycles. The Morgan fingerprint density at radius 3 is 2.50 bits per heavy atom. The van der Waals surface area contributed by atoms with Gasteiger partial charge in [0, 0.05) is 37.5 Å². The Hall–Kier alpha value is -6.34. The molecule has 1 saturated heterocycles. The summed E-state index contributed by atoms with van der Waals surface area (Å²) in [5, 5.41) is 22.4. The number of nitrogen functional groups attached to an aromatic ring is 1. The lowest BCUT2D eigenvalue weighted by Gasteiger charge is -2.33. The second-order valence-corrected chi connectivity index (χ2v) is 16.6. The number of methoxy groups -OCH3 is 1. The van der Waals surface area contributed by atoms with Crippen LogP contribution in [0.2, 0.25) is 0 Å². The molecular formula is C45H60N12O7. The van der Waals surface area contributed by atoms with Crippen molar-refractivity contribution in [1.29, 1.82) is 0 Å². The first kappa shape index (κ1) is 45.7. The Bertz CT molecular complexity index is 2470. The smallest absolute Gasteiger partial charge is 0.328 e. The van der Waals surface area contributed by atoms with Gasteiger partial charge in [0.05, 0.1) is 32.5 Å². The lowest BCUT2D eigenvalue weighted by atomic mass is 9.95. The van der Waals surface area contributed by atoms with E-state index in [-0.39, 0.29) is 36.4 Å². The third-order valence-electron chi connectivity index (χ3n) is 12.0. The van der Waals surface area contributed by atoms with E-state index in [1.807, 2.05) is 48.2 Å². The molecule has 0 spiro atoms. The highest BCUT2D eigenvalue weighted by molar-refractivity contribution is 5.98. The molecule has 1 fully saturated rings. The van der Waals surface area contributed by atoms with E-state index in [0.717, 1.165) is 104 Å². The summed E-state index contributed by atoms with van der Waals surface area (Å²) in [6.07, 6.45) is 6.88. The van der Waals surface area contributed by atoms with Crippen LogP contribution in [0.5, 0.6) is 11.8 Å². The number of aromatic nitrogens is 7.